The van der Waals surface area contributed by atoms with Crippen LogP contribution in [0.5, 0.6) is 0 Å². The summed E-state index contributed by atoms with van der Waals surface area (Å²) in [6.45, 7) is 3.43. The van der Waals surface area contributed by atoms with Crippen LogP contribution in [0, 0.1) is 0 Å². The van der Waals surface area contributed by atoms with Gasteiger partial charge in [0.2, 0.25) is 11.8 Å². The number of amides is 1. The van der Waals surface area contributed by atoms with Crippen molar-refractivity contribution in [2.75, 3.05) is 13.1 Å². The van der Waals surface area contributed by atoms with Gasteiger partial charge in [-0.05, 0) is 24.3 Å². The largest absolute Gasteiger partial charge is 0.420 e. The molecule has 0 spiro atoms. The summed E-state index contributed by atoms with van der Waals surface area (Å²) in [5.41, 5.74) is 0. The zero-order valence-corrected chi connectivity index (χ0v) is 12.2. The van der Waals surface area contributed by atoms with Gasteiger partial charge in [-0.25, -0.2) is 0 Å². The van der Waals surface area contributed by atoms with E-state index in [0.717, 1.165) is 24.3 Å². The molecule has 106 valence electrons. The van der Waals surface area contributed by atoms with Crippen molar-refractivity contribution in [1.82, 2.24) is 15.1 Å². The lowest BCUT2D eigenvalue weighted by Gasteiger charge is -2.30. The number of piperidine rings is 1. The summed E-state index contributed by atoms with van der Waals surface area (Å²) in [5, 5.41) is 10.3. The van der Waals surface area contributed by atoms with Crippen molar-refractivity contribution in [3.05, 3.63) is 23.4 Å². The van der Waals surface area contributed by atoms with E-state index in [1.807, 2.05) is 29.3 Å². The number of carbonyl (C=O) groups excluding carboxylic acids is 1. The lowest BCUT2D eigenvalue weighted by molar-refractivity contribution is -0.132. The topological polar surface area (TPSA) is 59.2 Å². The van der Waals surface area contributed by atoms with Crippen molar-refractivity contribution in [3.8, 4) is 10.8 Å². The monoisotopic (exact) mass is 291 g/mol. The van der Waals surface area contributed by atoms with Gasteiger partial charge in [-0.1, -0.05) is 13.0 Å². The minimum atomic E-state index is 0.167. The Morgan fingerprint density at radius 3 is 3.20 bits per heavy atom. The SMILES string of the molecule is CCC(=O)N1CCCC(c2nnc(-c3cccs3)o2)C1. The van der Waals surface area contributed by atoms with Crippen molar-refractivity contribution in [2.45, 2.75) is 32.1 Å². The number of nitrogens with zero attached hydrogens (tertiary/aromatic N) is 3. The lowest BCUT2D eigenvalue weighted by atomic mass is 9.98. The Morgan fingerprint density at radius 1 is 1.55 bits per heavy atom. The molecule has 0 bridgehead atoms. The van der Waals surface area contributed by atoms with Gasteiger partial charge in [-0.15, -0.1) is 21.5 Å². The van der Waals surface area contributed by atoms with Crippen molar-refractivity contribution in [3.63, 3.8) is 0 Å². The van der Waals surface area contributed by atoms with E-state index in [-0.39, 0.29) is 11.8 Å². The summed E-state index contributed by atoms with van der Waals surface area (Å²) in [6.07, 6.45) is 2.55. The maximum atomic E-state index is 11.8. The first kappa shape index (κ1) is 13.3. The first-order valence-corrected chi connectivity index (χ1v) is 7.81. The number of carbonyl (C=O) groups is 1. The van der Waals surface area contributed by atoms with Gasteiger partial charge in [0.25, 0.3) is 5.89 Å². The average Bonchev–Trinajstić information content (AvgIpc) is 3.17. The molecular weight excluding hydrogens is 274 g/mol. The van der Waals surface area contributed by atoms with Crippen molar-refractivity contribution < 1.29 is 9.21 Å². The van der Waals surface area contributed by atoms with E-state index < -0.39 is 0 Å². The van der Waals surface area contributed by atoms with E-state index in [9.17, 15) is 4.79 Å². The molecule has 6 heteroatoms. The van der Waals surface area contributed by atoms with Crippen LogP contribution >= 0.6 is 11.3 Å². The molecule has 0 saturated carbocycles. The second-order valence-electron chi connectivity index (χ2n) is 4.96. The highest BCUT2D eigenvalue weighted by molar-refractivity contribution is 7.13. The van der Waals surface area contributed by atoms with E-state index in [4.69, 9.17) is 4.42 Å². The zero-order valence-electron chi connectivity index (χ0n) is 11.4. The fraction of sp³-hybridized carbons (Fsp3) is 0.500. The molecule has 3 heterocycles. The lowest BCUT2D eigenvalue weighted by Crippen LogP contribution is -2.38. The molecule has 3 rings (SSSR count). The van der Waals surface area contributed by atoms with Gasteiger partial charge in [0.1, 0.15) is 0 Å². The molecule has 1 fully saturated rings. The molecule has 1 aliphatic heterocycles. The maximum Gasteiger partial charge on any atom is 0.257 e. The molecule has 1 amide bonds. The van der Waals surface area contributed by atoms with Crippen molar-refractivity contribution >= 4 is 17.2 Å². The summed E-state index contributed by atoms with van der Waals surface area (Å²) in [6, 6.07) is 3.93. The van der Waals surface area contributed by atoms with E-state index in [1.54, 1.807) is 11.3 Å². The summed E-state index contributed by atoms with van der Waals surface area (Å²) in [7, 11) is 0. The minimum absolute atomic E-state index is 0.167. The third-order valence-electron chi connectivity index (χ3n) is 3.60. The van der Waals surface area contributed by atoms with Gasteiger partial charge in [0, 0.05) is 19.5 Å². The van der Waals surface area contributed by atoms with E-state index in [1.165, 1.54) is 0 Å². The summed E-state index contributed by atoms with van der Waals surface area (Å²) in [5.74, 6) is 1.60. The van der Waals surface area contributed by atoms with Crippen LogP contribution in [0.25, 0.3) is 10.8 Å². The van der Waals surface area contributed by atoms with Gasteiger partial charge in [0.15, 0.2) is 0 Å². The van der Waals surface area contributed by atoms with Crippen LogP contribution in [0.15, 0.2) is 21.9 Å². The Hall–Kier alpha value is -1.69. The maximum absolute atomic E-state index is 11.8. The highest BCUT2D eigenvalue weighted by Crippen LogP contribution is 2.30. The molecule has 2 aromatic rings. The smallest absolute Gasteiger partial charge is 0.257 e. The number of aromatic nitrogens is 2. The Morgan fingerprint density at radius 2 is 2.45 bits per heavy atom. The van der Waals surface area contributed by atoms with E-state index >= 15 is 0 Å². The third-order valence-corrected chi connectivity index (χ3v) is 4.46. The molecule has 0 radical (unpaired) electrons. The van der Waals surface area contributed by atoms with Crippen LogP contribution in [-0.2, 0) is 4.79 Å². The Kier molecular flexibility index (Phi) is 3.82. The normalized spacial score (nSPS) is 19.2. The van der Waals surface area contributed by atoms with Crippen LogP contribution < -0.4 is 0 Å². The van der Waals surface area contributed by atoms with Gasteiger partial charge in [0.05, 0.1) is 10.8 Å². The Labute approximate surface area is 121 Å². The number of thiophene rings is 1. The molecule has 0 aliphatic carbocycles. The first-order valence-electron chi connectivity index (χ1n) is 6.93. The van der Waals surface area contributed by atoms with Crippen LogP contribution in [0.2, 0.25) is 0 Å². The third kappa shape index (κ3) is 2.60. The van der Waals surface area contributed by atoms with Gasteiger partial charge >= 0.3 is 0 Å². The van der Waals surface area contributed by atoms with E-state index in [0.29, 0.717) is 24.7 Å². The fourth-order valence-corrected chi connectivity index (χ4v) is 3.17. The molecule has 20 heavy (non-hydrogen) atoms. The first-order chi connectivity index (χ1) is 9.78. The van der Waals surface area contributed by atoms with Crippen molar-refractivity contribution in [1.29, 1.82) is 0 Å². The molecule has 1 saturated heterocycles. The number of rotatable bonds is 3. The second-order valence-corrected chi connectivity index (χ2v) is 5.90. The zero-order chi connectivity index (χ0) is 13.9. The molecular formula is C14H17N3O2S. The molecule has 0 N–H and O–H groups in total. The van der Waals surface area contributed by atoms with Gasteiger partial charge in [-0.3, -0.25) is 4.79 Å². The summed E-state index contributed by atoms with van der Waals surface area (Å²) < 4.78 is 5.78. The molecule has 2 aromatic heterocycles. The summed E-state index contributed by atoms with van der Waals surface area (Å²) in [4.78, 5) is 14.7. The minimum Gasteiger partial charge on any atom is -0.420 e. The van der Waals surface area contributed by atoms with Crippen LogP contribution in [0.4, 0.5) is 0 Å². The highest BCUT2D eigenvalue weighted by atomic mass is 32.1. The number of likely N-dealkylation sites (tertiary alicyclic amines) is 1. The average molecular weight is 291 g/mol. The second kappa shape index (κ2) is 5.75. The van der Waals surface area contributed by atoms with Crippen LogP contribution in [0.3, 0.4) is 0 Å². The van der Waals surface area contributed by atoms with Crippen molar-refractivity contribution in [2.24, 2.45) is 0 Å². The van der Waals surface area contributed by atoms with Gasteiger partial charge < -0.3 is 9.32 Å². The highest BCUT2D eigenvalue weighted by Gasteiger charge is 2.27. The Bertz CT molecular complexity index is 579. The predicted octanol–water partition coefficient (Wildman–Crippen LogP) is 2.91. The molecule has 1 unspecified atom stereocenters. The van der Waals surface area contributed by atoms with Crippen LogP contribution in [0.1, 0.15) is 38.0 Å². The summed E-state index contributed by atoms with van der Waals surface area (Å²) >= 11 is 1.58. The standard InChI is InChI=1S/C14H17N3O2S/c1-2-12(18)17-7-3-5-10(9-17)13-15-16-14(19-13)11-6-4-8-20-11/h4,6,8,10H,2-3,5,7,9H2,1H3. The fourth-order valence-electron chi connectivity index (χ4n) is 2.53. The molecule has 1 atom stereocenters. The predicted molar refractivity (Wildman–Crippen MR) is 76.5 cm³/mol. The van der Waals surface area contributed by atoms with E-state index in [2.05, 4.69) is 10.2 Å². The quantitative estimate of drug-likeness (QED) is 0.872. The van der Waals surface area contributed by atoms with Crippen LogP contribution in [-0.4, -0.2) is 34.1 Å². The van der Waals surface area contributed by atoms with Gasteiger partial charge in [-0.2, -0.15) is 0 Å². The Balaban J connectivity index is 1.74. The molecule has 0 aromatic carbocycles. The number of hydrogen-bond acceptors (Lipinski definition) is 5. The molecule has 1 aliphatic rings. The molecule has 5 nitrogen and oxygen atoms in total. The number of hydrogen-bond donors (Lipinski definition) is 0.